The minimum Gasteiger partial charge on any atom is -0.497 e. The van der Waals surface area contributed by atoms with Crippen LogP contribution in [-0.4, -0.2) is 43.7 Å². The smallest absolute Gasteiger partial charge is 0.164 e. The van der Waals surface area contributed by atoms with Crippen LogP contribution in [0.4, 0.5) is 10.1 Å². The number of nitrogens with zero attached hydrogens (tertiary/aromatic N) is 3. The maximum atomic E-state index is 14.1. The molecule has 2 aromatic rings. The van der Waals surface area contributed by atoms with Crippen molar-refractivity contribution in [3.63, 3.8) is 0 Å². The van der Waals surface area contributed by atoms with Crippen LogP contribution in [0.5, 0.6) is 5.75 Å². The molecular weight excluding hydrogens is 376 g/mol. The van der Waals surface area contributed by atoms with Crippen LogP contribution in [0, 0.1) is 17.7 Å². The Hall–Kier alpha value is -1.56. The van der Waals surface area contributed by atoms with Gasteiger partial charge in [0.1, 0.15) is 5.75 Å². The molecule has 3 heterocycles. The van der Waals surface area contributed by atoms with E-state index in [1.54, 1.807) is 19.4 Å². The fourth-order valence-corrected chi connectivity index (χ4v) is 4.38. The van der Waals surface area contributed by atoms with Crippen LogP contribution in [0.15, 0.2) is 42.7 Å². The Kier molecular flexibility index (Phi) is 6.72. The van der Waals surface area contributed by atoms with Gasteiger partial charge in [-0.3, -0.25) is 9.88 Å². The van der Waals surface area contributed by atoms with E-state index in [-0.39, 0.29) is 30.6 Å². The van der Waals surface area contributed by atoms with Gasteiger partial charge in [-0.1, -0.05) is 12.1 Å². The molecule has 0 amide bonds. The Morgan fingerprint density at radius 1 is 1.08 bits per heavy atom. The van der Waals surface area contributed by atoms with Gasteiger partial charge in [-0.25, -0.2) is 4.39 Å². The molecule has 0 radical (unpaired) electrons. The van der Waals surface area contributed by atoms with Gasteiger partial charge >= 0.3 is 0 Å². The lowest BCUT2D eigenvalue weighted by atomic mass is 9.89. The predicted molar refractivity (Wildman–Crippen MR) is 106 cm³/mol. The summed E-state index contributed by atoms with van der Waals surface area (Å²) in [6, 6.07) is 10.5. The van der Waals surface area contributed by atoms with Gasteiger partial charge in [0.15, 0.2) is 5.82 Å². The maximum Gasteiger partial charge on any atom is 0.164 e. The van der Waals surface area contributed by atoms with Crippen molar-refractivity contribution in [2.24, 2.45) is 11.8 Å². The van der Waals surface area contributed by atoms with Crippen molar-refractivity contribution < 1.29 is 9.13 Å². The first-order chi connectivity index (χ1) is 11.7. The quantitative estimate of drug-likeness (QED) is 0.784. The normalized spacial score (nSPS) is 24.6. The molecule has 3 atom stereocenters. The number of fused-ring (bicyclic) bond motifs is 1. The summed E-state index contributed by atoms with van der Waals surface area (Å²) in [6.07, 6.45) is 2.97. The standard InChI is InChI=1S/C19H22FN3O.2ClH/c1-22-10-14-11-23(18-7-8-21-9-17(18)20)12-16(14)19(22)13-3-5-15(24-2)6-4-13;;/h3-9,14,16,19H,10-12H2,1-2H3;2*1H/t14-,16+,19-;;/m0../s1. The summed E-state index contributed by atoms with van der Waals surface area (Å²) in [5.74, 6) is 1.72. The maximum absolute atomic E-state index is 14.1. The number of methoxy groups -OCH3 is 1. The number of anilines is 1. The molecule has 4 rings (SSSR count). The Labute approximate surface area is 166 Å². The van der Waals surface area contributed by atoms with Crippen LogP contribution in [0.2, 0.25) is 0 Å². The third-order valence-corrected chi connectivity index (χ3v) is 5.44. The molecule has 7 heteroatoms. The van der Waals surface area contributed by atoms with Gasteiger partial charge in [-0.05, 0) is 36.7 Å². The first-order valence-corrected chi connectivity index (χ1v) is 8.36. The highest BCUT2D eigenvalue weighted by atomic mass is 35.5. The summed E-state index contributed by atoms with van der Waals surface area (Å²) in [4.78, 5) is 8.46. The summed E-state index contributed by atoms with van der Waals surface area (Å²) in [5, 5.41) is 0. The van der Waals surface area contributed by atoms with E-state index in [0.717, 1.165) is 25.4 Å². The van der Waals surface area contributed by atoms with Crippen molar-refractivity contribution in [1.82, 2.24) is 9.88 Å². The van der Waals surface area contributed by atoms with E-state index in [9.17, 15) is 4.39 Å². The molecule has 1 aromatic carbocycles. The van der Waals surface area contributed by atoms with Gasteiger partial charge in [0.05, 0.1) is 19.0 Å². The van der Waals surface area contributed by atoms with Gasteiger partial charge in [-0.15, -0.1) is 24.8 Å². The van der Waals surface area contributed by atoms with Crippen LogP contribution in [0.3, 0.4) is 0 Å². The second-order valence-electron chi connectivity index (χ2n) is 6.81. The molecule has 2 fully saturated rings. The minimum atomic E-state index is -0.230. The van der Waals surface area contributed by atoms with E-state index in [2.05, 4.69) is 34.0 Å². The van der Waals surface area contributed by atoms with E-state index in [1.807, 2.05) is 12.1 Å². The first kappa shape index (κ1) is 20.7. The highest BCUT2D eigenvalue weighted by Crippen LogP contribution is 2.45. The molecule has 0 aliphatic carbocycles. The molecule has 2 saturated heterocycles. The Bertz CT molecular complexity index is 731. The molecule has 0 spiro atoms. The molecule has 142 valence electrons. The Balaban J connectivity index is 0.00000121. The monoisotopic (exact) mass is 399 g/mol. The predicted octanol–water partition coefficient (Wildman–Crippen LogP) is 3.81. The molecule has 1 aromatic heterocycles. The van der Waals surface area contributed by atoms with E-state index < -0.39 is 0 Å². The fraction of sp³-hybridized carbons (Fsp3) is 0.421. The van der Waals surface area contributed by atoms with Crippen LogP contribution in [0.1, 0.15) is 11.6 Å². The number of likely N-dealkylation sites (tertiary alicyclic amines) is 1. The Morgan fingerprint density at radius 2 is 1.81 bits per heavy atom. The summed E-state index contributed by atoms with van der Waals surface area (Å²) < 4.78 is 19.3. The molecule has 2 aliphatic rings. The van der Waals surface area contributed by atoms with E-state index >= 15 is 0 Å². The number of halogens is 3. The third kappa shape index (κ3) is 3.61. The Morgan fingerprint density at radius 3 is 2.46 bits per heavy atom. The number of hydrogen-bond acceptors (Lipinski definition) is 4. The molecule has 0 N–H and O–H groups in total. The van der Waals surface area contributed by atoms with E-state index in [1.165, 1.54) is 11.8 Å². The third-order valence-electron chi connectivity index (χ3n) is 5.44. The number of ether oxygens (including phenoxy) is 1. The minimum absolute atomic E-state index is 0. The van der Waals surface area contributed by atoms with Crippen molar-refractivity contribution in [2.45, 2.75) is 6.04 Å². The van der Waals surface area contributed by atoms with Crippen LogP contribution in [0.25, 0.3) is 0 Å². The second-order valence-corrected chi connectivity index (χ2v) is 6.81. The van der Waals surface area contributed by atoms with Gasteiger partial charge in [-0.2, -0.15) is 0 Å². The van der Waals surface area contributed by atoms with Gasteiger partial charge in [0, 0.05) is 37.8 Å². The zero-order valence-corrected chi connectivity index (χ0v) is 16.5. The summed E-state index contributed by atoms with van der Waals surface area (Å²) >= 11 is 0. The first-order valence-electron chi connectivity index (χ1n) is 8.36. The molecule has 0 bridgehead atoms. The van der Waals surface area contributed by atoms with Gasteiger partial charge < -0.3 is 9.64 Å². The zero-order valence-electron chi connectivity index (χ0n) is 14.8. The summed E-state index contributed by atoms with van der Waals surface area (Å²) in [5.41, 5.74) is 1.98. The number of aromatic nitrogens is 1. The lowest BCUT2D eigenvalue weighted by Gasteiger charge is -2.27. The molecule has 26 heavy (non-hydrogen) atoms. The highest BCUT2D eigenvalue weighted by molar-refractivity contribution is 5.85. The molecular formula is C19H24Cl2FN3O. The SMILES string of the molecule is COc1ccc([C@H]2[C@@H]3CN(c4ccncc4F)C[C@@H]3CN2C)cc1.Cl.Cl. The van der Waals surface area contributed by atoms with Crippen LogP contribution >= 0.6 is 24.8 Å². The van der Waals surface area contributed by atoms with E-state index in [4.69, 9.17) is 4.74 Å². The lowest BCUT2D eigenvalue weighted by molar-refractivity contribution is 0.279. The topological polar surface area (TPSA) is 28.6 Å². The van der Waals surface area contributed by atoms with Gasteiger partial charge in [0.2, 0.25) is 0 Å². The largest absolute Gasteiger partial charge is 0.497 e. The molecule has 2 aliphatic heterocycles. The molecule has 4 nitrogen and oxygen atoms in total. The van der Waals surface area contributed by atoms with Crippen LogP contribution in [-0.2, 0) is 0 Å². The van der Waals surface area contributed by atoms with Crippen molar-refractivity contribution in [2.75, 3.05) is 38.7 Å². The van der Waals surface area contributed by atoms with Crippen molar-refractivity contribution in [3.8, 4) is 5.75 Å². The fourth-order valence-electron chi connectivity index (χ4n) is 4.38. The van der Waals surface area contributed by atoms with Crippen molar-refractivity contribution in [1.29, 1.82) is 0 Å². The zero-order chi connectivity index (χ0) is 16.7. The highest BCUT2D eigenvalue weighted by Gasteiger charge is 2.46. The summed E-state index contributed by atoms with van der Waals surface area (Å²) in [6.45, 7) is 2.83. The average Bonchev–Trinajstić information content (AvgIpc) is 3.12. The molecule has 0 saturated carbocycles. The van der Waals surface area contributed by atoms with E-state index in [0.29, 0.717) is 23.6 Å². The van der Waals surface area contributed by atoms with Crippen LogP contribution < -0.4 is 9.64 Å². The molecule has 0 unspecified atom stereocenters. The number of benzene rings is 1. The number of pyridine rings is 1. The van der Waals surface area contributed by atoms with Crippen molar-refractivity contribution in [3.05, 3.63) is 54.1 Å². The lowest BCUT2D eigenvalue weighted by Crippen LogP contribution is -2.29. The average molecular weight is 400 g/mol. The van der Waals surface area contributed by atoms with Crippen molar-refractivity contribution >= 4 is 30.5 Å². The van der Waals surface area contributed by atoms with Gasteiger partial charge in [0.25, 0.3) is 0 Å². The number of hydrogen-bond donors (Lipinski definition) is 0. The number of rotatable bonds is 3. The summed E-state index contributed by atoms with van der Waals surface area (Å²) in [7, 11) is 3.87. The second kappa shape index (κ2) is 8.42.